The van der Waals surface area contributed by atoms with Gasteiger partial charge >= 0.3 is 0 Å². The Kier molecular flexibility index (Phi) is 3.50. The van der Waals surface area contributed by atoms with Gasteiger partial charge in [0.25, 0.3) is 0 Å². The Morgan fingerprint density at radius 3 is 2.95 bits per heavy atom. The first-order valence-electron chi connectivity index (χ1n) is 6.89. The van der Waals surface area contributed by atoms with Gasteiger partial charge in [0.2, 0.25) is 5.91 Å². The lowest BCUT2D eigenvalue weighted by Gasteiger charge is -2.18. The zero-order valence-corrected chi connectivity index (χ0v) is 11.5. The Bertz CT molecular complexity index is 589. The molecule has 1 N–H and O–H groups in total. The van der Waals surface area contributed by atoms with Gasteiger partial charge in [-0.3, -0.25) is 9.78 Å². The number of hydrogen-bond donors (Lipinski definition) is 1. The number of nitrogens with one attached hydrogen (secondary N) is 1. The van der Waals surface area contributed by atoms with Crippen LogP contribution in [0.25, 0.3) is 0 Å². The number of aromatic nitrogens is 3. The number of aryl methyl sites for hydroxylation is 1. The van der Waals surface area contributed by atoms with E-state index in [0.717, 1.165) is 24.2 Å². The summed E-state index contributed by atoms with van der Waals surface area (Å²) >= 11 is 0. The van der Waals surface area contributed by atoms with Crippen LogP contribution in [-0.2, 0) is 18.3 Å². The van der Waals surface area contributed by atoms with Crippen LogP contribution in [0.3, 0.4) is 0 Å². The van der Waals surface area contributed by atoms with Crippen molar-refractivity contribution in [1.82, 2.24) is 19.9 Å². The van der Waals surface area contributed by atoms with E-state index < -0.39 is 0 Å². The highest BCUT2D eigenvalue weighted by Gasteiger charge is 2.35. The zero-order valence-electron chi connectivity index (χ0n) is 11.5. The SMILES string of the molecule is Cn1ccnc1C(NC(=O)Cc1cccnc1)C1CC1. The lowest BCUT2D eigenvalue weighted by molar-refractivity contribution is -0.121. The molecule has 2 aromatic rings. The number of pyridine rings is 1. The van der Waals surface area contributed by atoms with Crippen molar-refractivity contribution in [2.75, 3.05) is 0 Å². The van der Waals surface area contributed by atoms with Crippen LogP contribution in [0.4, 0.5) is 0 Å². The van der Waals surface area contributed by atoms with Crippen LogP contribution in [0.15, 0.2) is 36.9 Å². The first kappa shape index (κ1) is 12.8. The van der Waals surface area contributed by atoms with Gasteiger partial charge in [-0.25, -0.2) is 4.98 Å². The third-order valence-corrected chi connectivity index (χ3v) is 3.63. The molecule has 104 valence electrons. The maximum absolute atomic E-state index is 12.2. The van der Waals surface area contributed by atoms with E-state index in [-0.39, 0.29) is 11.9 Å². The van der Waals surface area contributed by atoms with Gasteiger partial charge in [0.05, 0.1) is 12.5 Å². The van der Waals surface area contributed by atoms with E-state index in [9.17, 15) is 4.79 Å². The molecule has 5 heteroatoms. The van der Waals surface area contributed by atoms with Gasteiger partial charge < -0.3 is 9.88 Å². The van der Waals surface area contributed by atoms with Gasteiger partial charge in [-0.15, -0.1) is 0 Å². The Morgan fingerprint density at radius 1 is 1.50 bits per heavy atom. The molecule has 1 atom stereocenters. The Balaban J connectivity index is 1.68. The van der Waals surface area contributed by atoms with Crippen LogP contribution in [0.5, 0.6) is 0 Å². The van der Waals surface area contributed by atoms with Gasteiger partial charge in [-0.2, -0.15) is 0 Å². The summed E-state index contributed by atoms with van der Waals surface area (Å²) in [5.41, 5.74) is 0.930. The summed E-state index contributed by atoms with van der Waals surface area (Å²) in [7, 11) is 1.96. The fourth-order valence-electron chi connectivity index (χ4n) is 2.41. The minimum atomic E-state index is 0.0258. The summed E-state index contributed by atoms with van der Waals surface area (Å²) in [5.74, 6) is 1.49. The third kappa shape index (κ3) is 2.87. The van der Waals surface area contributed by atoms with Crippen molar-refractivity contribution >= 4 is 5.91 Å². The van der Waals surface area contributed by atoms with Crippen molar-refractivity contribution in [2.45, 2.75) is 25.3 Å². The number of nitrogens with zero attached hydrogens (tertiary/aromatic N) is 3. The molecule has 3 rings (SSSR count). The molecular formula is C15H18N4O. The van der Waals surface area contributed by atoms with Gasteiger partial charge in [0.1, 0.15) is 5.82 Å². The molecule has 5 nitrogen and oxygen atoms in total. The lowest BCUT2D eigenvalue weighted by Crippen LogP contribution is -2.32. The van der Waals surface area contributed by atoms with Gasteiger partial charge in [0, 0.05) is 31.8 Å². The third-order valence-electron chi connectivity index (χ3n) is 3.63. The standard InChI is InChI=1S/C15H18N4O/c1-19-8-7-17-15(19)14(12-4-5-12)18-13(20)9-11-3-2-6-16-10-11/h2-3,6-8,10,12,14H,4-5,9H2,1H3,(H,18,20). The highest BCUT2D eigenvalue weighted by molar-refractivity contribution is 5.78. The minimum Gasteiger partial charge on any atom is -0.346 e. The molecule has 0 spiro atoms. The van der Waals surface area contributed by atoms with E-state index in [4.69, 9.17) is 0 Å². The van der Waals surface area contributed by atoms with Gasteiger partial charge in [-0.1, -0.05) is 6.07 Å². The highest BCUT2D eigenvalue weighted by atomic mass is 16.1. The molecule has 1 fully saturated rings. The van der Waals surface area contributed by atoms with Crippen LogP contribution in [0.2, 0.25) is 0 Å². The second-order valence-corrected chi connectivity index (χ2v) is 5.32. The number of carbonyl (C=O) groups is 1. The predicted molar refractivity (Wildman–Crippen MR) is 74.8 cm³/mol. The van der Waals surface area contributed by atoms with Crippen molar-refractivity contribution in [1.29, 1.82) is 0 Å². The van der Waals surface area contributed by atoms with Crippen molar-refractivity contribution in [3.63, 3.8) is 0 Å². The molecule has 20 heavy (non-hydrogen) atoms. The number of imidazole rings is 1. The highest BCUT2D eigenvalue weighted by Crippen LogP contribution is 2.40. The van der Waals surface area contributed by atoms with Crippen molar-refractivity contribution in [2.24, 2.45) is 13.0 Å². The van der Waals surface area contributed by atoms with E-state index in [1.165, 1.54) is 0 Å². The summed E-state index contributed by atoms with van der Waals surface area (Å²) in [6, 6.07) is 3.79. The number of hydrogen-bond acceptors (Lipinski definition) is 3. The molecule has 0 radical (unpaired) electrons. The minimum absolute atomic E-state index is 0.0258. The van der Waals surface area contributed by atoms with E-state index in [2.05, 4.69) is 15.3 Å². The van der Waals surface area contributed by atoms with Crippen molar-refractivity contribution in [3.8, 4) is 0 Å². The maximum Gasteiger partial charge on any atom is 0.225 e. The summed E-state index contributed by atoms with van der Waals surface area (Å²) in [6.45, 7) is 0. The number of amides is 1. The molecule has 1 aliphatic carbocycles. The van der Waals surface area contributed by atoms with E-state index in [1.807, 2.05) is 29.9 Å². The average Bonchev–Trinajstić information content (AvgIpc) is 3.20. The Hall–Kier alpha value is -2.17. The van der Waals surface area contributed by atoms with Crippen molar-refractivity contribution < 1.29 is 4.79 Å². The van der Waals surface area contributed by atoms with Crippen molar-refractivity contribution in [3.05, 3.63) is 48.3 Å². The number of carbonyl (C=O) groups excluding carboxylic acids is 1. The van der Waals surface area contributed by atoms with Crippen LogP contribution < -0.4 is 5.32 Å². The Morgan fingerprint density at radius 2 is 2.35 bits per heavy atom. The van der Waals surface area contributed by atoms with Crippen LogP contribution in [0, 0.1) is 5.92 Å². The molecule has 1 saturated carbocycles. The monoisotopic (exact) mass is 270 g/mol. The fourth-order valence-corrected chi connectivity index (χ4v) is 2.41. The predicted octanol–water partition coefficient (Wildman–Crippen LogP) is 1.63. The fraction of sp³-hybridized carbons (Fsp3) is 0.400. The summed E-state index contributed by atoms with van der Waals surface area (Å²) in [5, 5.41) is 3.12. The van der Waals surface area contributed by atoms with E-state index in [0.29, 0.717) is 12.3 Å². The summed E-state index contributed by atoms with van der Waals surface area (Å²) < 4.78 is 1.98. The number of rotatable bonds is 5. The molecule has 2 heterocycles. The quantitative estimate of drug-likeness (QED) is 0.898. The molecular weight excluding hydrogens is 252 g/mol. The summed E-state index contributed by atoms with van der Waals surface area (Å²) in [4.78, 5) is 20.6. The largest absolute Gasteiger partial charge is 0.346 e. The van der Waals surface area contributed by atoms with Crippen LogP contribution in [0.1, 0.15) is 30.3 Å². The molecule has 0 aromatic carbocycles. The van der Waals surface area contributed by atoms with Gasteiger partial charge in [0.15, 0.2) is 0 Å². The topological polar surface area (TPSA) is 59.8 Å². The summed E-state index contributed by atoms with van der Waals surface area (Å²) in [6.07, 6.45) is 9.81. The second kappa shape index (κ2) is 5.45. The first-order chi connectivity index (χ1) is 9.74. The van der Waals surface area contributed by atoms with E-state index >= 15 is 0 Å². The first-order valence-corrected chi connectivity index (χ1v) is 6.89. The molecule has 0 aliphatic heterocycles. The smallest absolute Gasteiger partial charge is 0.225 e. The Labute approximate surface area is 118 Å². The molecule has 2 aromatic heterocycles. The second-order valence-electron chi connectivity index (χ2n) is 5.32. The molecule has 0 saturated heterocycles. The molecule has 0 bridgehead atoms. The van der Waals surface area contributed by atoms with E-state index in [1.54, 1.807) is 18.6 Å². The average molecular weight is 270 g/mol. The lowest BCUT2D eigenvalue weighted by atomic mass is 10.1. The van der Waals surface area contributed by atoms with Gasteiger partial charge in [-0.05, 0) is 30.4 Å². The zero-order chi connectivity index (χ0) is 13.9. The van der Waals surface area contributed by atoms with Crippen LogP contribution >= 0.6 is 0 Å². The van der Waals surface area contributed by atoms with Crippen LogP contribution in [-0.4, -0.2) is 20.4 Å². The molecule has 1 unspecified atom stereocenters. The molecule has 1 amide bonds. The maximum atomic E-state index is 12.2. The normalized spacial score (nSPS) is 15.8. The molecule has 1 aliphatic rings.